The summed E-state index contributed by atoms with van der Waals surface area (Å²) in [6.07, 6.45) is 2.77. The van der Waals surface area contributed by atoms with Crippen LogP contribution in [0.3, 0.4) is 0 Å². The average molecular weight is 230 g/mol. The first-order valence-corrected chi connectivity index (χ1v) is 6.41. The van der Waals surface area contributed by atoms with Crippen molar-refractivity contribution in [1.82, 2.24) is 10.2 Å². The lowest BCUT2D eigenvalue weighted by Crippen LogP contribution is -2.48. The molecule has 17 heavy (non-hydrogen) atoms. The number of hydrogen-bond acceptors (Lipinski definition) is 2. The molecule has 90 valence electrons. The lowest BCUT2D eigenvalue weighted by Gasteiger charge is -2.37. The summed E-state index contributed by atoms with van der Waals surface area (Å²) >= 11 is 0. The van der Waals surface area contributed by atoms with Crippen LogP contribution in [-0.2, 0) is 17.8 Å². The topological polar surface area (TPSA) is 32.3 Å². The van der Waals surface area contributed by atoms with E-state index in [4.69, 9.17) is 0 Å². The van der Waals surface area contributed by atoms with E-state index in [0.29, 0.717) is 18.4 Å². The molecule has 2 heterocycles. The lowest BCUT2D eigenvalue weighted by molar-refractivity contribution is -0.135. The Kier molecular flexibility index (Phi) is 2.85. The first kappa shape index (κ1) is 10.8. The Morgan fingerprint density at radius 3 is 2.59 bits per heavy atom. The van der Waals surface area contributed by atoms with E-state index in [0.717, 1.165) is 32.5 Å². The van der Waals surface area contributed by atoms with Gasteiger partial charge in [0.15, 0.2) is 0 Å². The number of hydrogen-bond donors (Lipinski definition) is 1. The summed E-state index contributed by atoms with van der Waals surface area (Å²) in [4.78, 5) is 14.2. The van der Waals surface area contributed by atoms with Crippen LogP contribution in [0.2, 0.25) is 0 Å². The second-order valence-electron chi connectivity index (χ2n) is 4.95. The minimum atomic E-state index is 0.301. The standard InChI is InChI=1S/C14H18N2O/c17-14-9-11-3-1-2-4-12(11)10-16(14)13-5-7-15-8-6-13/h1-4,13,15H,5-10H2. The Balaban J connectivity index is 1.81. The van der Waals surface area contributed by atoms with Crippen LogP contribution < -0.4 is 5.32 Å². The Morgan fingerprint density at radius 2 is 1.82 bits per heavy atom. The van der Waals surface area contributed by atoms with Gasteiger partial charge in [-0.25, -0.2) is 0 Å². The largest absolute Gasteiger partial charge is 0.335 e. The molecule has 0 unspecified atom stereocenters. The van der Waals surface area contributed by atoms with Crippen LogP contribution in [0.5, 0.6) is 0 Å². The van der Waals surface area contributed by atoms with Crippen LogP contribution in [-0.4, -0.2) is 29.9 Å². The minimum absolute atomic E-state index is 0.301. The Labute approximate surface area is 102 Å². The van der Waals surface area contributed by atoms with Gasteiger partial charge in [-0.2, -0.15) is 0 Å². The predicted molar refractivity (Wildman–Crippen MR) is 66.6 cm³/mol. The van der Waals surface area contributed by atoms with Crippen LogP contribution >= 0.6 is 0 Å². The summed E-state index contributed by atoms with van der Waals surface area (Å²) in [5.41, 5.74) is 2.54. The quantitative estimate of drug-likeness (QED) is 0.789. The Bertz CT molecular complexity index is 424. The summed E-state index contributed by atoms with van der Waals surface area (Å²) in [6.45, 7) is 2.88. The molecule has 0 aromatic heterocycles. The Morgan fingerprint density at radius 1 is 1.12 bits per heavy atom. The maximum atomic E-state index is 12.2. The van der Waals surface area contributed by atoms with Crippen molar-refractivity contribution in [2.45, 2.75) is 31.8 Å². The van der Waals surface area contributed by atoms with E-state index in [-0.39, 0.29) is 0 Å². The molecule has 1 aromatic carbocycles. The molecule has 1 aromatic rings. The summed E-state index contributed by atoms with van der Waals surface area (Å²) in [7, 11) is 0. The number of piperidine rings is 1. The number of rotatable bonds is 1. The van der Waals surface area contributed by atoms with Gasteiger partial charge < -0.3 is 10.2 Å². The highest BCUT2D eigenvalue weighted by Crippen LogP contribution is 2.24. The van der Waals surface area contributed by atoms with E-state index in [2.05, 4.69) is 28.4 Å². The number of fused-ring (bicyclic) bond motifs is 1. The summed E-state index contributed by atoms with van der Waals surface area (Å²) in [5.74, 6) is 0.301. The van der Waals surface area contributed by atoms with Crippen LogP contribution in [0, 0.1) is 0 Å². The first-order chi connectivity index (χ1) is 8.34. The smallest absolute Gasteiger partial charge is 0.227 e. The molecule has 3 rings (SSSR count). The molecule has 0 aliphatic carbocycles. The second kappa shape index (κ2) is 4.49. The highest BCUT2D eigenvalue weighted by molar-refractivity contribution is 5.81. The minimum Gasteiger partial charge on any atom is -0.335 e. The van der Waals surface area contributed by atoms with Gasteiger partial charge in [-0.3, -0.25) is 4.79 Å². The van der Waals surface area contributed by atoms with E-state index >= 15 is 0 Å². The molecule has 0 bridgehead atoms. The van der Waals surface area contributed by atoms with Crippen molar-refractivity contribution in [3.8, 4) is 0 Å². The zero-order chi connectivity index (χ0) is 11.7. The highest BCUT2D eigenvalue weighted by Gasteiger charge is 2.29. The fourth-order valence-corrected chi connectivity index (χ4v) is 2.87. The van der Waals surface area contributed by atoms with E-state index in [1.807, 2.05) is 6.07 Å². The monoisotopic (exact) mass is 230 g/mol. The third kappa shape index (κ3) is 2.07. The molecule has 0 radical (unpaired) electrons. The number of benzene rings is 1. The van der Waals surface area contributed by atoms with Crippen molar-refractivity contribution in [3.63, 3.8) is 0 Å². The van der Waals surface area contributed by atoms with Crippen LogP contribution in [0.15, 0.2) is 24.3 Å². The van der Waals surface area contributed by atoms with Gasteiger partial charge in [0.05, 0.1) is 6.42 Å². The fourth-order valence-electron chi connectivity index (χ4n) is 2.87. The van der Waals surface area contributed by atoms with Gasteiger partial charge in [0.25, 0.3) is 0 Å². The van der Waals surface area contributed by atoms with Crippen LogP contribution in [0.25, 0.3) is 0 Å². The highest BCUT2D eigenvalue weighted by atomic mass is 16.2. The normalized spacial score (nSPS) is 21.4. The van der Waals surface area contributed by atoms with Crippen LogP contribution in [0.4, 0.5) is 0 Å². The molecular formula is C14H18N2O. The lowest BCUT2D eigenvalue weighted by atomic mass is 9.95. The van der Waals surface area contributed by atoms with Gasteiger partial charge in [0, 0.05) is 12.6 Å². The summed E-state index contributed by atoms with van der Waals surface area (Å²) < 4.78 is 0. The van der Waals surface area contributed by atoms with Crippen molar-refractivity contribution < 1.29 is 4.79 Å². The van der Waals surface area contributed by atoms with Crippen molar-refractivity contribution in [3.05, 3.63) is 35.4 Å². The maximum absolute atomic E-state index is 12.2. The van der Waals surface area contributed by atoms with Gasteiger partial charge in [0.2, 0.25) is 5.91 Å². The van der Waals surface area contributed by atoms with E-state index in [1.54, 1.807) is 0 Å². The number of nitrogens with one attached hydrogen (secondary N) is 1. The number of carbonyl (C=O) groups excluding carboxylic acids is 1. The number of amides is 1. The zero-order valence-corrected chi connectivity index (χ0v) is 9.98. The van der Waals surface area contributed by atoms with Crippen LogP contribution in [0.1, 0.15) is 24.0 Å². The van der Waals surface area contributed by atoms with Gasteiger partial charge >= 0.3 is 0 Å². The number of nitrogens with zero attached hydrogens (tertiary/aromatic N) is 1. The molecule has 0 saturated carbocycles. The molecule has 1 N–H and O–H groups in total. The predicted octanol–water partition coefficient (Wildman–Crippen LogP) is 1.32. The molecule has 0 spiro atoms. The summed E-state index contributed by atoms with van der Waals surface area (Å²) in [6, 6.07) is 8.75. The SMILES string of the molecule is O=C1Cc2ccccc2CN1C1CCNCC1. The molecule has 2 aliphatic rings. The molecule has 1 fully saturated rings. The zero-order valence-electron chi connectivity index (χ0n) is 9.98. The van der Waals surface area contributed by atoms with Gasteiger partial charge in [-0.1, -0.05) is 24.3 Å². The second-order valence-corrected chi connectivity index (χ2v) is 4.95. The van der Waals surface area contributed by atoms with E-state index < -0.39 is 0 Å². The molecule has 0 atom stereocenters. The first-order valence-electron chi connectivity index (χ1n) is 6.41. The molecule has 3 nitrogen and oxygen atoms in total. The molecule has 2 aliphatic heterocycles. The van der Waals surface area contributed by atoms with Crippen molar-refractivity contribution in [1.29, 1.82) is 0 Å². The van der Waals surface area contributed by atoms with E-state index in [1.165, 1.54) is 11.1 Å². The number of carbonyl (C=O) groups is 1. The third-order valence-electron chi connectivity index (χ3n) is 3.87. The fraction of sp³-hybridized carbons (Fsp3) is 0.500. The average Bonchev–Trinajstić information content (AvgIpc) is 2.39. The Hall–Kier alpha value is -1.35. The van der Waals surface area contributed by atoms with Crippen molar-refractivity contribution >= 4 is 5.91 Å². The molecule has 1 saturated heterocycles. The van der Waals surface area contributed by atoms with Gasteiger partial charge in [-0.15, -0.1) is 0 Å². The summed E-state index contributed by atoms with van der Waals surface area (Å²) in [5, 5.41) is 3.35. The van der Waals surface area contributed by atoms with Crippen molar-refractivity contribution in [2.75, 3.05) is 13.1 Å². The van der Waals surface area contributed by atoms with E-state index in [9.17, 15) is 4.79 Å². The molecule has 1 amide bonds. The maximum Gasteiger partial charge on any atom is 0.227 e. The van der Waals surface area contributed by atoms with Crippen molar-refractivity contribution in [2.24, 2.45) is 0 Å². The van der Waals surface area contributed by atoms with Gasteiger partial charge in [0.1, 0.15) is 0 Å². The molecule has 3 heteroatoms. The molecular weight excluding hydrogens is 212 g/mol. The third-order valence-corrected chi connectivity index (χ3v) is 3.87. The van der Waals surface area contributed by atoms with Gasteiger partial charge in [-0.05, 0) is 37.1 Å².